The molecule has 2 N–H and O–H groups in total. The molecule has 0 heterocycles. The zero-order valence-electron chi connectivity index (χ0n) is 6.43. The Balaban J connectivity index is 3.12. The van der Waals surface area contributed by atoms with E-state index in [4.69, 9.17) is 5.11 Å². The van der Waals surface area contributed by atoms with Crippen LogP contribution in [0.2, 0.25) is 0 Å². The molecule has 0 spiro atoms. The molecular weight excluding hydrogens is 160 g/mol. The highest BCUT2D eigenvalue weighted by atomic mass is 16.3. The van der Waals surface area contributed by atoms with Crippen LogP contribution in [0, 0.1) is 4.91 Å². The SMILES string of the molecule is CN(N=O)c1cc(O)ccc1O. The van der Waals surface area contributed by atoms with Crippen LogP contribution >= 0.6 is 0 Å². The number of nitroso groups, excluding NO2 is 1. The maximum absolute atomic E-state index is 10.1. The van der Waals surface area contributed by atoms with Crippen LogP contribution in [0.3, 0.4) is 0 Å². The Kier molecular flexibility index (Phi) is 2.14. The highest BCUT2D eigenvalue weighted by Crippen LogP contribution is 2.29. The number of aromatic hydroxyl groups is 2. The summed E-state index contributed by atoms with van der Waals surface area (Å²) in [6.45, 7) is 0. The molecule has 0 saturated heterocycles. The summed E-state index contributed by atoms with van der Waals surface area (Å²) in [6, 6.07) is 3.85. The Labute approximate surface area is 68.8 Å². The Hall–Kier alpha value is -1.78. The summed E-state index contributed by atoms with van der Waals surface area (Å²) in [5, 5.41) is 21.7. The lowest BCUT2D eigenvalue weighted by molar-refractivity contribution is 0.460. The van der Waals surface area contributed by atoms with Crippen molar-refractivity contribution in [1.82, 2.24) is 0 Å². The second-order valence-corrected chi connectivity index (χ2v) is 2.28. The van der Waals surface area contributed by atoms with E-state index in [0.29, 0.717) is 0 Å². The monoisotopic (exact) mass is 168 g/mol. The van der Waals surface area contributed by atoms with E-state index in [9.17, 15) is 10.0 Å². The van der Waals surface area contributed by atoms with Crippen LogP contribution in [0.4, 0.5) is 5.69 Å². The Morgan fingerprint density at radius 2 is 2.08 bits per heavy atom. The van der Waals surface area contributed by atoms with Crippen molar-refractivity contribution in [2.45, 2.75) is 0 Å². The first-order chi connectivity index (χ1) is 5.65. The number of phenols is 2. The lowest BCUT2D eigenvalue weighted by Crippen LogP contribution is -2.06. The number of rotatable bonds is 2. The molecule has 0 aromatic heterocycles. The van der Waals surface area contributed by atoms with Crippen LogP contribution < -0.4 is 5.01 Å². The molecule has 0 aliphatic heterocycles. The summed E-state index contributed by atoms with van der Waals surface area (Å²) < 4.78 is 0. The van der Waals surface area contributed by atoms with E-state index in [1.165, 1.54) is 25.2 Å². The van der Waals surface area contributed by atoms with Crippen LogP contribution in [0.15, 0.2) is 23.5 Å². The van der Waals surface area contributed by atoms with Crippen molar-refractivity contribution in [3.05, 3.63) is 23.1 Å². The minimum atomic E-state index is -0.102. The summed E-state index contributed by atoms with van der Waals surface area (Å²) in [5.41, 5.74) is 0.171. The van der Waals surface area contributed by atoms with Gasteiger partial charge in [0.25, 0.3) is 0 Å². The minimum Gasteiger partial charge on any atom is -0.508 e. The number of hydrogen-bond acceptors (Lipinski definition) is 4. The van der Waals surface area contributed by atoms with Gasteiger partial charge >= 0.3 is 0 Å². The number of phenolic OH excluding ortho intramolecular Hbond substituents is 2. The van der Waals surface area contributed by atoms with Gasteiger partial charge in [-0.2, -0.15) is 0 Å². The zero-order chi connectivity index (χ0) is 9.14. The van der Waals surface area contributed by atoms with Crippen molar-refractivity contribution >= 4 is 5.69 Å². The van der Waals surface area contributed by atoms with Gasteiger partial charge in [0.05, 0.1) is 5.29 Å². The maximum atomic E-state index is 10.1. The fourth-order valence-electron chi connectivity index (χ4n) is 0.815. The molecule has 64 valence electrons. The van der Waals surface area contributed by atoms with E-state index in [0.717, 1.165) is 5.01 Å². The molecule has 0 aliphatic carbocycles. The van der Waals surface area contributed by atoms with Crippen LogP contribution in [0.25, 0.3) is 0 Å². The number of benzene rings is 1. The van der Waals surface area contributed by atoms with Crippen molar-refractivity contribution < 1.29 is 10.2 Å². The normalized spacial score (nSPS) is 9.42. The van der Waals surface area contributed by atoms with Crippen molar-refractivity contribution in [2.24, 2.45) is 5.29 Å². The van der Waals surface area contributed by atoms with Gasteiger partial charge in [0.2, 0.25) is 0 Å². The lowest BCUT2D eigenvalue weighted by Gasteiger charge is -2.09. The van der Waals surface area contributed by atoms with E-state index in [-0.39, 0.29) is 17.2 Å². The van der Waals surface area contributed by atoms with Crippen LogP contribution in [-0.4, -0.2) is 17.3 Å². The molecular formula is C7H8N2O3. The van der Waals surface area contributed by atoms with E-state index < -0.39 is 0 Å². The van der Waals surface area contributed by atoms with Gasteiger partial charge in [-0.1, -0.05) is 0 Å². The predicted molar refractivity (Wildman–Crippen MR) is 44.0 cm³/mol. The van der Waals surface area contributed by atoms with Crippen LogP contribution in [0.1, 0.15) is 0 Å². The minimum absolute atomic E-state index is 0.0294. The standard InChI is InChI=1S/C7H8N2O3/c1-9(8-12)6-4-5(10)2-3-7(6)11/h2-4,10-11H,1H3. The number of hydrogen-bond donors (Lipinski definition) is 2. The molecule has 1 aromatic rings. The van der Waals surface area contributed by atoms with E-state index in [1.54, 1.807) is 0 Å². The lowest BCUT2D eigenvalue weighted by atomic mass is 10.3. The third-order valence-electron chi connectivity index (χ3n) is 1.43. The van der Waals surface area contributed by atoms with Gasteiger partial charge in [0, 0.05) is 13.1 Å². The first kappa shape index (κ1) is 8.32. The topological polar surface area (TPSA) is 73.1 Å². The number of anilines is 1. The summed E-state index contributed by atoms with van der Waals surface area (Å²) in [5.74, 6) is -0.131. The quantitative estimate of drug-likeness (QED) is 0.395. The Morgan fingerprint density at radius 3 is 2.67 bits per heavy atom. The highest BCUT2D eigenvalue weighted by Gasteiger charge is 2.06. The van der Waals surface area contributed by atoms with Crippen molar-refractivity contribution in [3.63, 3.8) is 0 Å². The average molecular weight is 168 g/mol. The second kappa shape index (κ2) is 3.08. The molecule has 1 rings (SSSR count). The maximum Gasteiger partial charge on any atom is 0.141 e. The molecule has 5 heteroatoms. The van der Waals surface area contributed by atoms with Gasteiger partial charge < -0.3 is 10.2 Å². The van der Waals surface area contributed by atoms with Gasteiger partial charge in [-0.3, -0.25) is 0 Å². The third-order valence-corrected chi connectivity index (χ3v) is 1.43. The van der Waals surface area contributed by atoms with Crippen LogP contribution in [-0.2, 0) is 0 Å². The van der Waals surface area contributed by atoms with E-state index >= 15 is 0 Å². The Morgan fingerprint density at radius 1 is 1.42 bits per heavy atom. The molecule has 0 radical (unpaired) electrons. The molecule has 0 aliphatic rings. The van der Waals surface area contributed by atoms with Gasteiger partial charge in [0.1, 0.15) is 17.2 Å². The fourth-order valence-corrected chi connectivity index (χ4v) is 0.815. The zero-order valence-corrected chi connectivity index (χ0v) is 6.43. The second-order valence-electron chi connectivity index (χ2n) is 2.28. The Bertz CT molecular complexity index is 301. The first-order valence-electron chi connectivity index (χ1n) is 3.24. The summed E-state index contributed by atoms with van der Waals surface area (Å²) in [7, 11) is 1.38. The molecule has 0 atom stereocenters. The van der Waals surface area contributed by atoms with Gasteiger partial charge in [0.15, 0.2) is 0 Å². The van der Waals surface area contributed by atoms with Gasteiger partial charge in [-0.15, -0.1) is 4.91 Å². The predicted octanol–water partition coefficient (Wildman–Crippen LogP) is 1.22. The van der Waals surface area contributed by atoms with Crippen molar-refractivity contribution in [2.75, 3.05) is 12.1 Å². The van der Waals surface area contributed by atoms with E-state index in [2.05, 4.69) is 5.29 Å². The molecule has 12 heavy (non-hydrogen) atoms. The van der Waals surface area contributed by atoms with E-state index in [1.807, 2.05) is 0 Å². The van der Waals surface area contributed by atoms with Gasteiger partial charge in [-0.25, -0.2) is 5.01 Å². The van der Waals surface area contributed by atoms with Crippen LogP contribution in [0.5, 0.6) is 11.5 Å². The summed E-state index contributed by atoms with van der Waals surface area (Å²) in [4.78, 5) is 10.1. The largest absolute Gasteiger partial charge is 0.508 e. The molecule has 0 unspecified atom stereocenters. The molecule has 0 fully saturated rings. The summed E-state index contributed by atoms with van der Waals surface area (Å²) >= 11 is 0. The molecule has 0 bridgehead atoms. The summed E-state index contributed by atoms with van der Waals surface area (Å²) in [6.07, 6.45) is 0. The van der Waals surface area contributed by atoms with Gasteiger partial charge in [-0.05, 0) is 12.1 Å². The average Bonchev–Trinajstić information content (AvgIpc) is 2.08. The molecule has 0 saturated carbocycles. The molecule has 0 amide bonds. The molecule has 1 aromatic carbocycles. The first-order valence-corrected chi connectivity index (χ1v) is 3.24. The number of nitrogens with zero attached hydrogens (tertiary/aromatic N) is 2. The van der Waals surface area contributed by atoms with Crippen molar-refractivity contribution in [3.8, 4) is 11.5 Å². The van der Waals surface area contributed by atoms with Crippen molar-refractivity contribution in [1.29, 1.82) is 0 Å². The smallest absolute Gasteiger partial charge is 0.141 e. The molecule has 5 nitrogen and oxygen atoms in total. The third kappa shape index (κ3) is 1.45. The highest BCUT2D eigenvalue weighted by molar-refractivity contribution is 5.59. The fraction of sp³-hybridized carbons (Fsp3) is 0.143.